The lowest BCUT2D eigenvalue weighted by Crippen LogP contribution is -2.07. The van der Waals surface area contributed by atoms with Gasteiger partial charge >= 0.3 is 0 Å². The molecule has 3 aromatic rings. The van der Waals surface area contributed by atoms with Gasteiger partial charge in [0.25, 0.3) is 0 Å². The molecule has 0 saturated carbocycles. The molecule has 0 aliphatic heterocycles. The standard InChI is InChI=1S/C15H13N3O3/c1-21-13-6-9(2-3-12(13)16)14(20)15-17-8-10-7-11(19)4-5-18(10)15/h2-8,19H,16H2,1H3. The van der Waals surface area contributed by atoms with Crippen LogP contribution in [0.4, 0.5) is 5.69 Å². The average molecular weight is 283 g/mol. The van der Waals surface area contributed by atoms with E-state index in [1.165, 1.54) is 25.4 Å². The van der Waals surface area contributed by atoms with E-state index in [9.17, 15) is 9.90 Å². The number of nitrogen functional groups attached to an aromatic ring is 1. The topological polar surface area (TPSA) is 89.8 Å². The number of methoxy groups -OCH3 is 1. The molecule has 6 nitrogen and oxygen atoms in total. The molecule has 0 fully saturated rings. The van der Waals surface area contributed by atoms with E-state index in [0.717, 1.165) is 0 Å². The van der Waals surface area contributed by atoms with Crippen LogP contribution in [0.25, 0.3) is 5.52 Å². The molecule has 0 atom stereocenters. The molecule has 6 heteroatoms. The molecule has 1 aromatic carbocycles. The van der Waals surface area contributed by atoms with Crippen molar-refractivity contribution in [2.45, 2.75) is 0 Å². The molecule has 0 unspecified atom stereocenters. The highest BCUT2D eigenvalue weighted by Crippen LogP contribution is 2.24. The Kier molecular flexibility index (Phi) is 2.98. The lowest BCUT2D eigenvalue weighted by molar-refractivity contribution is 0.102. The SMILES string of the molecule is COc1cc(C(=O)c2ncc3cc(O)ccn23)ccc1N. The number of fused-ring (bicyclic) bond motifs is 1. The van der Waals surface area contributed by atoms with Crippen molar-refractivity contribution in [1.82, 2.24) is 9.38 Å². The summed E-state index contributed by atoms with van der Waals surface area (Å²) in [6, 6.07) is 7.86. The second-order valence-corrected chi connectivity index (χ2v) is 4.55. The molecule has 0 radical (unpaired) electrons. The maximum atomic E-state index is 12.5. The van der Waals surface area contributed by atoms with Crippen LogP contribution in [0.15, 0.2) is 42.7 Å². The summed E-state index contributed by atoms with van der Waals surface area (Å²) in [5, 5.41) is 9.44. The molecule has 0 saturated heterocycles. The van der Waals surface area contributed by atoms with Crippen molar-refractivity contribution in [3.63, 3.8) is 0 Å². The Balaban J connectivity index is 2.08. The first kappa shape index (κ1) is 13.0. The third-order valence-corrected chi connectivity index (χ3v) is 3.21. The van der Waals surface area contributed by atoms with Crippen molar-refractivity contribution in [3.8, 4) is 11.5 Å². The second kappa shape index (κ2) is 4.82. The van der Waals surface area contributed by atoms with Crippen molar-refractivity contribution in [1.29, 1.82) is 0 Å². The Hall–Kier alpha value is -3.02. The lowest BCUT2D eigenvalue weighted by Gasteiger charge is -2.06. The number of anilines is 1. The Morgan fingerprint density at radius 2 is 2.14 bits per heavy atom. The highest BCUT2D eigenvalue weighted by atomic mass is 16.5. The Labute approximate surface area is 120 Å². The largest absolute Gasteiger partial charge is 0.508 e. The minimum Gasteiger partial charge on any atom is -0.508 e. The number of aromatic nitrogens is 2. The van der Waals surface area contributed by atoms with Crippen LogP contribution in [0.2, 0.25) is 0 Å². The number of pyridine rings is 1. The number of rotatable bonds is 3. The van der Waals surface area contributed by atoms with Crippen LogP contribution < -0.4 is 10.5 Å². The van der Waals surface area contributed by atoms with E-state index in [1.54, 1.807) is 28.8 Å². The van der Waals surface area contributed by atoms with Gasteiger partial charge in [0.1, 0.15) is 11.5 Å². The van der Waals surface area contributed by atoms with Crippen LogP contribution >= 0.6 is 0 Å². The fourth-order valence-electron chi connectivity index (χ4n) is 2.14. The summed E-state index contributed by atoms with van der Waals surface area (Å²) in [6.45, 7) is 0. The molecule has 2 heterocycles. The number of nitrogens with two attached hydrogens (primary N) is 1. The zero-order chi connectivity index (χ0) is 15.0. The Bertz CT molecular complexity index is 839. The summed E-state index contributed by atoms with van der Waals surface area (Å²) in [5.41, 5.74) is 7.28. The van der Waals surface area contributed by atoms with Gasteiger partial charge in [-0.1, -0.05) is 0 Å². The quantitative estimate of drug-likeness (QED) is 0.565. The van der Waals surface area contributed by atoms with Gasteiger partial charge in [0, 0.05) is 17.8 Å². The molecular formula is C15H13N3O3. The third-order valence-electron chi connectivity index (χ3n) is 3.21. The molecule has 106 valence electrons. The summed E-state index contributed by atoms with van der Waals surface area (Å²) in [6.07, 6.45) is 3.13. The van der Waals surface area contributed by atoms with Gasteiger partial charge in [0.05, 0.1) is 24.5 Å². The second-order valence-electron chi connectivity index (χ2n) is 4.55. The molecule has 2 aromatic heterocycles. The molecular weight excluding hydrogens is 270 g/mol. The fraction of sp³-hybridized carbons (Fsp3) is 0.0667. The summed E-state index contributed by atoms with van der Waals surface area (Å²) in [4.78, 5) is 16.7. The number of aromatic hydroxyl groups is 1. The summed E-state index contributed by atoms with van der Waals surface area (Å²) >= 11 is 0. The summed E-state index contributed by atoms with van der Waals surface area (Å²) in [7, 11) is 1.49. The van der Waals surface area contributed by atoms with Crippen LogP contribution in [0, 0.1) is 0 Å². The van der Waals surface area contributed by atoms with Gasteiger partial charge in [-0.2, -0.15) is 0 Å². The van der Waals surface area contributed by atoms with Crippen LogP contribution in [0.1, 0.15) is 16.2 Å². The van der Waals surface area contributed by atoms with Gasteiger partial charge in [-0.15, -0.1) is 0 Å². The minimum atomic E-state index is -0.251. The average Bonchev–Trinajstić information content (AvgIpc) is 2.89. The van der Waals surface area contributed by atoms with Gasteiger partial charge in [0.15, 0.2) is 5.82 Å². The minimum absolute atomic E-state index is 0.121. The zero-order valence-corrected chi connectivity index (χ0v) is 11.3. The predicted octanol–water partition coefficient (Wildman–Crippen LogP) is 1.86. The molecule has 0 aliphatic rings. The number of nitrogens with zero attached hydrogens (tertiary/aromatic N) is 2. The lowest BCUT2D eigenvalue weighted by atomic mass is 10.1. The summed E-state index contributed by atoms with van der Waals surface area (Å²) in [5.74, 6) is 0.575. The van der Waals surface area contributed by atoms with E-state index in [2.05, 4.69) is 4.98 Å². The van der Waals surface area contributed by atoms with Crippen LogP contribution in [-0.2, 0) is 0 Å². The van der Waals surface area contributed by atoms with E-state index >= 15 is 0 Å². The zero-order valence-electron chi connectivity index (χ0n) is 11.3. The van der Waals surface area contributed by atoms with Crippen molar-refractivity contribution >= 4 is 17.0 Å². The molecule has 21 heavy (non-hydrogen) atoms. The monoisotopic (exact) mass is 283 g/mol. The summed E-state index contributed by atoms with van der Waals surface area (Å²) < 4.78 is 6.73. The predicted molar refractivity (Wildman–Crippen MR) is 77.7 cm³/mol. The third kappa shape index (κ3) is 2.16. The highest BCUT2D eigenvalue weighted by molar-refractivity contribution is 6.07. The number of ketones is 1. The van der Waals surface area contributed by atoms with Crippen molar-refractivity contribution in [2.24, 2.45) is 0 Å². The number of carbonyl (C=O) groups excluding carboxylic acids is 1. The maximum absolute atomic E-state index is 12.5. The van der Waals surface area contributed by atoms with Crippen LogP contribution in [0.3, 0.4) is 0 Å². The molecule has 3 N–H and O–H groups in total. The number of carbonyl (C=O) groups is 1. The fourth-order valence-corrected chi connectivity index (χ4v) is 2.14. The number of imidazole rings is 1. The first-order valence-electron chi connectivity index (χ1n) is 6.24. The number of ether oxygens (including phenoxy) is 1. The Morgan fingerprint density at radius 3 is 2.90 bits per heavy atom. The van der Waals surface area contributed by atoms with Gasteiger partial charge < -0.3 is 15.6 Å². The molecule has 0 spiro atoms. The van der Waals surface area contributed by atoms with E-state index in [-0.39, 0.29) is 17.4 Å². The molecule has 0 bridgehead atoms. The highest BCUT2D eigenvalue weighted by Gasteiger charge is 2.16. The molecule has 0 amide bonds. The van der Waals surface area contributed by atoms with Crippen LogP contribution in [-0.4, -0.2) is 27.4 Å². The van der Waals surface area contributed by atoms with Gasteiger partial charge in [-0.05, 0) is 24.3 Å². The molecule has 3 rings (SSSR count). The normalized spacial score (nSPS) is 10.7. The number of hydrogen-bond acceptors (Lipinski definition) is 5. The smallest absolute Gasteiger partial charge is 0.228 e. The first-order valence-corrected chi connectivity index (χ1v) is 6.24. The van der Waals surface area contributed by atoms with E-state index in [1.807, 2.05) is 0 Å². The van der Waals surface area contributed by atoms with Crippen LogP contribution in [0.5, 0.6) is 11.5 Å². The Morgan fingerprint density at radius 1 is 1.33 bits per heavy atom. The van der Waals surface area contributed by atoms with Gasteiger partial charge in [-0.3, -0.25) is 9.20 Å². The molecule has 0 aliphatic carbocycles. The number of hydrogen-bond donors (Lipinski definition) is 2. The van der Waals surface area contributed by atoms with E-state index < -0.39 is 0 Å². The van der Waals surface area contributed by atoms with Crippen molar-refractivity contribution in [3.05, 3.63) is 54.1 Å². The van der Waals surface area contributed by atoms with Gasteiger partial charge in [0.2, 0.25) is 5.78 Å². The van der Waals surface area contributed by atoms with E-state index in [0.29, 0.717) is 22.5 Å². The first-order chi connectivity index (χ1) is 10.1. The van der Waals surface area contributed by atoms with Gasteiger partial charge in [-0.25, -0.2) is 4.98 Å². The van der Waals surface area contributed by atoms with Crippen molar-refractivity contribution < 1.29 is 14.6 Å². The number of benzene rings is 1. The van der Waals surface area contributed by atoms with E-state index in [4.69, 9.17) is 10.5 Å². The van der Waals surface area contributed by atoms with Crippen molar-refractivity contribution in [2.75, 3.05) is 12.8 Å². The maximum Gasteiger partial charge on any atom is 0.228 e.